The van der Waals surface area contributed by atoms with Crippen molar-refractivity contribution in [3.8, 4) is 0 Å². The van der Waals surface area contributed by atoms with Crippen LogP contribution in [0.15, 0.2) is 0 Å². The minimum Gasteiger partial charge on any atom is -0.477 e. The quantitative estimate of drug-likeness (QED) is 0.790. The zero-order chi connectivity index (χ0) is 16.1. The van der Waals surface area contributed by atoms with Gasteiger partial charge in [-0.3, -0.25) is 9.69 Å². The molecule has 1 aromatic heterocycles. The minimum absolute atomic E-state index is 0.155. The number of ether oxygens (including phenoxy) is 1. The Morgan fingerprint density at radius 1 is 1.55 bits per heavy atom. The summed E-state index contributed by atoms with van der Waals surface area (Å²) in [7, 11) is 0. The Morgan fingerprint density at radius 3 is 2.86 bits per heavy atom. The molecule has 0 aliphatic carbocycles. The highest BCUT2D eigenvalue weighted by molar-refractivity contribution is 7.17. The molecule has 2 rings (SSSR count). The molecule has 0 aromatic carbocycles. The van der Waals surface area contributed by atoms with Gasteiger partial charge in [0, 0.05) is 13.2 Å². The first-order valence-electron chi connectivity index (χ1n) is 7.34. The van der Waals surface area contributed by atoms with Gasteiger partial charge in [0.2, 0.25) is 5.91 Å². The molecular weight excluding hydrogens is 306 g/mol. The van der Waals surface area contributed by atoms with Gasteiger partial charge in [-0.25, -0.2) is 9.78 Å². The third-order valence-corrected chi connectivity index (χ3v) is 4.60. The number of thiazole rings is 1. The first kappa shape index (κ1) is 16.9. The van der Waals surface area contributed by atoms with Gasteiger partial charge in [0.1, 0.15) is 4.88 Å². The van der Waals surface area contributed by atoms with Crippen molar-refractivity contribution in [3.63, 3.8) is 0 Å². The maximum Gasteiger partial charge on any atom is 0.347 e. The van der Waals surface area contributed by atoms with Crippen LogP contribution in [0.4, 0.5) is 5.13 Å². The average molecular weight is 327 g/mol. The number of carboxylic acid groups (broad SMARTS) is 1. The average Bonchev–Trinajstić information content (AvgIpc) is 3.07. The summed E-state index contributed by atoms with van der Waals surface area (Å²) in [6.45, 7) is 6.15. The molecule has 1 saturated heterocycles. The second-order valence-electron chi connectivity index (χ2n) is 5.25. The van der Waals surface area contributed by atoms with Crippen molar-refractivity contribution in [2.75, 3.05) is 31.6 Å². The third-order valence-electron chi connectivity index (χ3n) is 3.54. The number of carboxylic acids is 1. The van der Waals surface area contributed by atoms with E-state index in [1.807, 2.05) is 11.8 Å². The van der Waals surface area contributed by atoms with Crippen LogP contribution in [0.2, 0.25) is 0 Å². The molecule has 0 bridgehead atoms. The third kappa shape index (κ3) is 4.49. The predicted molar refractivity (Wildman–Crippen MR) is 83.5 cm³/mol. The fourth-order valence-electron chi connectivity index (χ4n) is 2.39. The van der Waals surface area contributed by atoms with E-state index in [0.717, 1.165) is 43.9 Å². The molecule has 0 radical (unpaired) electrons. The number of nitrogens with zero attached hydrogens (tertiary/aromatic N) is 2. The number of anilines is 1. The maximum absolute atomic E-state index is 12.1. The van der Waals surface area contributed by atoms with Crippen molar-refractivity contribution in [2.45, 2.75) is 32.8 Å². The standard InChI is InChI=1S/C14H21N3O4S/c1-3-17(7-10-5-4-6-21-10)8-11(18)16-14-15-9(2)12(22-14)13(19)20/h10H,3-8H2,1-2H3,(H,19,20)(H,15,16,18). The van der Waals surface area contributed by atoms with E-state index in [4.69, 9.17) is 9.84 Å². The lowest BCUT2D eigenvalue weighted by Crippen LogP contribution is -2.38. The van der Waals surface area contributed by atoms with Crippen LogP contribution >= 0.6 is 11.3 Å². The summed E-state index contributed by atoms with van der Waals surface area (Å²) in [5, 5.41) is 12.0. The Labute approximate surface area is 133 Å². The lowest BCUT2D eigenvalue weighted by molar-refractivity contribution is -0.117. The Hall–Kier alpha value is -1.51. The number of amides is 1. The van der Waals surface area contributed by atoms with Crippen LogP contribution in [0.5, 0.6) is 0 Å². The molecule has 2 N–H and O–H groups in total. The van der Waals surface area contributed by atoms with Crippen molar-refractivity contribution < 1.29 is 19.4 Å². The molecule has 1 amide bonds. The Balaban J connectivity index is 1.87. The molecule has 7 nitrogen and oxygen atoms in total. The van der Waals surface area contributed by atoms with Gasteiger partial charge in [-0.1, -0.05) is 18.3 Å². The van der Waals surface area contributed by atoms with E-state index in [9.17, 15) is 9.59 Å². The number of rotatable bonds is 7. The van der Waals surface area contributed by atoms with Crippen molar-refractivity contribution in [1.82, 2.24) is 9.88 Å². The molecule has 1 atom stereocenters. The van der Waals surface area contributed by atoms with Crippen LogP contribution in [-0.2, 0) is 9.53 Å². The zero-order valence-corrected chi connectivity index (χ0v) is 13.6. The van der Waals surface area contributed by atoms with E-state index >= 15 is 0 Å². The van der Waals surface area contributed by atoms with Crippen molar-refractivity contribution >= 4 is 28.3 Å². The summed E-state index contributed by atoms with van der Waals surface area (Å²) in [5.74, 6) is -1.21. The molecular formula is C14H21N3O4S. The van der Waals surface area contributed by atoms with Gasteiger partial charge < -0.3 is 15.2 Å². The lowest BCUT2D eigenvalue weighted by Gasteiger charge is -2.22. The fourth-order valence-corrected chi connectivity index (χ4v) is 3.21. The van der Waals surface area contributed by atoms with E-state index < -0.39 is 5.97 Å². The van der Waals surface area contributed by atoms with E-state index in [-0.39, 0.29) is 23.4 Å². The minimum atomic E-state index is -1.02. The summed E-state index contributed by atoms with van der Waals surface area (Å²) >= 11 is 0.978. The van der Waals surface area contributed by atoms with Gasteiger partial charge in [0.05, 0.1) is 18.3 Å². The second-order valence-corrected chi connectivity index (χ2v) is 6.25. The van der Waals surface area contributed by atoms with Gasteiger partial charge in [-0.05, 0) is 26.3 Å². The largest absolute Gasteiger partial charge is 0.477 e. The van der Waals surface area contributed by atoms with Gasteiger partial charge in [0.15, 0.2) is 5.13 Å². The van der Waals surface area contributed by atoms with Crippen LogP contribution in [0.25, 0.3) is 0 Å². The van der Waals surface area contributed by atoms with Crippen LogP contribution in [-0.4, -0.2) is 59.2 Å². The molecule has 0 spiro atoms. The highest BCUT2D eigenvalue weighted by Crippen LogP contribution is 2.22. The molecule has 8 heteroatoms. The highest BCUT2D eigenvalue weighted by atomic mass is 32.1. The van der Waals surface area contributed by atoms with Crippen LogP contribution in [0.3, 0.4) is 0 Å². The molecule has 1 aliphatic heterocycles. The summed E-state index contributed by atoms with van der Waals surface area (Å²) in [6.07, 6.45) is 2.31. The molecule has 22 heavy (non-hydrogen) atoms. The van der Waals surface area contributed by atoms with Crippen LogP contribution in [0, 0.1) is 6.92 Å². The summed E-state index contributed by atoms with van der Waals surface area (Å²) in [5.41, 5.74) is 0.416. The molecule has 1 aliphatic rings. The number of hydrogen-bond acceptors (Lipinski definition) is 6. The number of aryl methyl sites for hydroxylation is 1. The van der Waals surface area contributed by atoms with Crippen LogP contribution in [0.1, 0.15) is 35.1 Å². The molecule has 2 heterocycles. The SMILES string of the molecule is CCN(CC(=O)Nc1nc(C)c(C(=O)O)s1)CC1CCCO1. The maximum atomic E-state index is 12.1. The highest BCUT2D eigenvalue weighted by Gasteiger charge is 2.21. The van der Waals surface area contributed by atoms with E-state index in [0.29, 0.717) is 10.8 Å². The molecule has 1 fully saturated rings. The summed E-state index contributed by atoms with van der Waals surface area (Å²) in [4.78, 5) is 29.3. The van der Waals surface area contributed by atoms with Crippen molar-refractivity contribution in [2.24, 2.45) is 0 Å². The van der Waals surface area contributed by atoms with Gasteiger partial charge >= 0.3 is 5.97 Å². The zero-order valence-electron chi connectivity index (χ0n) is 12.8. The predicted octanol–water partition coefficient (Wildman–Crippen LogP) is 1.59. The molecule has 122 valence electrons. The number of carbonyl (C=O) groups is 2. The lowest BCUT2D eigenvalue weighted by atomic mass is 10.2. The van der Waals surface area contributed by atoms with E-state index in [1.165, 1.54) is 0 Å². The Kier molecular flexibility index (Phi) is 5.87. The summed E-state index contributed by atoms with van der Waals surface area (Å²) < 4.78 is 5.58. The number of aromatic nitrogens is 1. The number of hydrogen-bond donors (Lipinski definition) is 2. The Bertz CT molecular complexity index is 540. The monoisotopic (exact) mass is 327 g/mol. The smallest absolute Gasteiger partial charge is 0.347 e. The first-order chi connectivity index (χ1) is 10.5. The van der Waals surface area contributed by atoms with Crippen molar-refractivity contribution in [1.29, 1.82) is 0 Å². The Morgan fingerprint density at radius 2 is 2.32 bits per heavy atom. The molecule has 1 aromatic rings. The van der Waals surface area contributed by atoms with Gasteiger partial charge in [-0.2, -0.15) is 0 Å². The molecule has 1 unspecified atom stereocenters. The van der Waals surface area contributed by atoms with E-state index in [1.54, 1.807) is 6.92 Å². The topological polar surface area (TPSA) is 91.8 Å². The second kappa shape index (κ2) is 7.66. The molecule has 0 saturated carbocycles. The number of aromatic carboxylic acids is 1. The van der Waals surface area contributed by atoms with Gasteiger partial charge in [-0.15, -0.1) is 0 Å². The normalized spacial score (nSPS) is 17.9. The fraction of sp³-hybridized carbons (Fsp3) is 0.643. The van der Waals surface area contributed by atoms with Crippen molar-refractivity contribution in [3.05, 3.63) is 10.6 Å². The van der Waals surface area contributed by atoms with Crippen LogP contribution < -0.4 is 5.32 Å². The number of likely N-dealkylation sites (N-methyl/N-ethyl adjacent to an activating group) is 1. The number of nitrogens with one attached hydrogen (secondary N) is 1. The number of carbonyl (C=O) groups excluding carboxylic acids is 1. The van der Waals surface area contributed by atoms with E-state index in [2.05, 4.69) is 10.3 Å². The van der Waals surface area contributed by atoms with Gasteiger partial charge in [0.25, 0.3) is 0 Å². The summed E-state index contributed by atoms with van der Waals surface area (Å²) in [6, 6.07) is 0. The first-order valence-corrected chi connectivity index (χ1v) is 8.15.